The van der Waals surface area contributed by atoms with Gasteiger partial charge in [-0.25, -0.2) is 9.97 Å². The highest BCUT2D eigenvalue weighted by molar-refractivity contribution is 5.85. The zero-order valence-corrected chi connectivity index (χ0v) is 46.0. The van der Waals surface area contributed by atoms with Crippen molar-refractivity contribution in [1.82, 2.24) is 24.9 Å². The van der Waals surface area contributed by atoms with Gasteiger partial charge in [-0.1, -0.05) is 18.2 Å². The van der Waals surface area contributed by atoms with E-state index in [1.54, 1.807) is 44.7 Å². The fourth-order valence-corrected chi connectivity index (χ4v) is 8.47. The van der Waals surface area contributed by atoms with E-state index in [1.807, 2.05) is 100 Å². The highest BCUT2D eigenvalue weighted by atomic mass is 16.3. The van der Waals surface area contributed by atoms with Gasteiger partial charge in [-0.15, -0.1) is 0 Å². The molecular formula is C62H57N5O12. The molecule has 0 aliphatic carbocycles. The van der Waals surface area contributed by atoms with Crippen LogP contribution in [0.5, 0.6) is 0 Å². The number of nitrogens with zero attached hydrogens (tertiary/aromatic N) is 5. The number of pyridine rings is 4. The summed E-state index contributed by atoms with van der Waals surface area (Å²) in [6.07, 6.45) is 13.5. The molecular weight excluding hydrogens is 1010 g/mol. The van der Waals surface area contributed by atoms with Gasteiger partial charge in [0.2, 0.25) is 11.1 Å². The zero-order chi connectivity index (χ0) is 57.4. The molecule has 0 atom stereocenters. The quantitative estimate of drug-likeness (QED) is 0.137. The van der Waals surface area contributed by atoms with Crippen LogP contribution < -0.4 is 32.7 Å². The van der Waals surface area contributed by atoms with E-state index in [9.17, 15) is 28.8 Å². The third kappa shape index (κ3) is 12.6. The normalized spacial score (nSPS) is 10.6. The van der Waals surface area contributed by atoms with E-state index in [4.69, 9.17) is 26.5 Å². The van der Waals surface area contributed by atoms with E-state index in [0.29, 0.717) is 77.4 Å². The third-order valence-corrected chi connectivity index (χ3v) is 12.8. The first-order chi connectivity index (χ1) is 37.6. The minimum absolute atomic E-state index is 0.0162. The van der Waals surface area contributed by atoms with Gasteiger partial charge in [0.05, 0.1) is 63.4 Å². The van der Waals surface area contributed by atoms with Crippen molar-refractivity contribution in [3.63, 3.8) is 0 Å². The van der Waals surface area contributed by atoms with E-state index >= 15 is 0 Å². The average Bonchev–Trinajstić information content (AvgIpc) is 3.45. The lowest BCUT2D eigenvalue weighted by molar-refractivity contribution is 0.561. The van der Waals surface area contributed by atoms with Crippen LogP contribution in [0, 0.1) is 90.0 Å². The second kappa shape index (κ2) is 24.5. The maximum Gasteiger partial charge on any atom is 0.283 e. The van der Waals surface area contributed by atoms with E-state index in [1.165, 1.54) is 55.7 Å². The smallest absolute Gasteiger partial charge is 0.283 e. The molecule has 0 N–H and O–H groups in total. The lowest BCUT2D eigenvalue weighted by Gasteiger charge is -2.05. The van der Waals surface area contributed by atoms with Crippen LogP contribution in [-0.2, 0) is 0 Å². The van der Waals surface area contributed by atoms with Crippen molar-refractivity contribution >= 4 is 66.1 Å². The fraction of sp³-hybridized carbons (Fsp3) is 0.210. The van der Waals surface area contributed by atoms with Crippen molar-refractivity contribution < 1.29 is 26.5 Å². The van der Waals surface area contributed by atoms with Crippen molar-refractivity contribution in [1.29, 1.82) is 0 Å². The van der Waals surface area contributed by atoms with Crippen LogP contribution in [0.3, 0.4) is 0 Å². The second-order valence-corrected chi connectivity index (χ2v) is 18.8. The number of rotatable bonds is 0. The van der Waals surface area contributed by atoms with Crippen LogP contribution in [-0.4, -0.2) is 24.9 Å². The van der Waals surface area contributed by atoms with E-state index < -0.39 is 0 Å². The minimum atomic E-state index is -0.216. The van der Waals surface area contributed by atoms with Gasteiger partial charge in [0.15, 0.2) is 44.8 Å². The van der Waals surface area contributed by atoms with E-state index in [0.717, 1.165) is 61.5 Å². The number of benzene rings is 2. The molecule has 17 heteroatoms. The molecule has 0 saturated heterocycles. The first kappa shape index (κ1) is 56.9. The summed E-state index contributed by atoms with van der Waals surface area (Å²) in [6.45, 7) is 24.4. The Bertz CT molecular complexity index is 4640. The van der Waals surface area contributed by atoms with E-state index in [-0.39, 0.29) is 32.7 Å². The first-order valence-electron chi connectivity index (χ1n) is 24.8. The molecule has 0 aliphatic rings. The van der Waals surface area contributed by atoms with Gasteiger partial charge in [0.25, 0.3) is 5.56 Å². The number of fused-ring (bicyclic) bond motifs is 6. The van der Waals surface area contributed by atoms with Crippen LogP contribution in [0.15, 0.2) is 166 Å². The van der Waals surface area contributed by atoms with E-state index in [2.05, 4.69) is 24.9 Å². The predicted octanol–water partition coefficient (Wildman–Crippen LogP) is 11.7. The first-order valence-corrected chi connectivity index (χ1v) is 24.8. The highest BCUT2D eigenvalue weighted by Crippen LogP contribution is 2.23. The summed E-state index contributed by atoms with van der Waals surface area (Å²) in [5.41, 5.74) is 14.4. The predicted molar refractivity (Wildman–Crippen MR) is 305 cm³/mol. The van der Waals surface area contributed by atoms with Crippen molar-refractivity contribution in [2.24, 2.45) is 0 Å². The maximum absolute atomic E-state index is 11.8. The number of hydrogen-bond acceptors (Lipinski definition) is 17. The highest BCUT2D eigenvalue weighted by Gasteiger charge is 2.12. The summed E-state index contributed by atoms with van der Waals surface area (Å²) in [6, 6.07) is 15.2. The molecule has 17 nitrogen and oxygen atoms in total. The fourth-order valence-electron chi connectivity index (χ4n) is 8.47. The van der Waals surface area contributed by atoms with Crippen LogP contribution in [0.4, 0.5) is 0 Å². The third-order valence-electron chi connectivity index (χ3n) is 12.8. The molecule has 12 aromatic rings. The largest absolute Gasteiger partial charge is 0.464 e. The van der Waals surface area contributed by atoms with Crippen molar-refractivity contribution in [2.45, 2.75) is 90.0 Å². The molecule has 2 aromatic carbocycles. The molecule has 10 heterocycles. The summed E-state index contributed by atoms with van der Waals surface area (Å²) in [4.78, 5) is 88.7. The average molecular weight is 1060 g/mol. The van der Waals surface area contributed by atoms with Gasteiger partial charge in [-0.05, 0) is 147 Å². The number of hydrogen-bond donors (Lipinski definition) is 0. The van der Waals surface area contributed by atoms with Gasteiger partial charge in [0, 0.05) is 60.2 Å². The topological polar surface area (TPSA) is 246 Å². The Morgan fingerprint density at radius 2 is 0.962 bits per heavy atom. The lowest BCUT2D eigenvalue weighted by Crippen LogP contribution is -2.07. The van der Waals surface area contributed by atoms with Crippen LogP contribution >= 0.6 is 0 Å². The molecule has 79 heavy (non-hydrogen) atoms. The second-order valence-electron chi connectivity index (χ2n) is 18.8. The molecule has 0 radical (unpaired) electrons. The van der Waals surface area contributed by atoms with Crippen molar-refractivity contribution in [2.75, 3.05) is 0 Å². The summed E-state index contributed by atoms with van der Waals surface area (Å²) in [5, 5.41) is 3.10. The Morgan fingerprint density at radius 3 is 1.66 bits per heavy atom. The van der Waals surface area contributed by atoms with Crippen LogP contribution in [0.2, 0.25) is 0 Å². The molecule has 0 saturated carbocycles. The molecule has 12 rings (SSSR count). The Labute approximate surface area is 450 Å². The monoisotopic (exact) mass is 1060 g/mol. The standard InChI is InChI=1S/3C11H11NO2.C11H10O2.2C9H7NO2/c1-6-5-12-8(3)10-9(13)4-7(2)14-11(6)10;1-6-4-12-8(3)11-9(6)10(13)7(2)5-14-11;1-6-4-7(2)9-10(8(6)3)14-5-12-11(9)13;1-7-3-4-8(2)11-10(7)9(12)5-6-13-11;1-6-2-4-10-8-7(11)3-5-12-9(6)8;1-6-2-4-10-9-8(6)7(11)3-5-12-9/h3*4-5H,1-3H3;3-6H,1-2H3;2*2-5H,1H3. The molecule has 0 bridgehead atoms. The van der Waals surface area contributed by atoms with Gasteiger partial charge in [0.1, 0.15) is 22.5 Å². The summed E-state index contributed by atoms with van der Waals surface area (Å²) in [7, 11) is 0. The van der Waals surface area contributed by atoms with Gasteiger partial charge >= 0.3 is 0 Å². The molecule has 402 valence electrons. The molecule has 0 aliphatic heterocycles. The zero-order valence-electron chi connectivity index (χ0n) is 46.0. The Kier molecular flexibility index (Phi) is 17.6. The summed E-state index contributed by atoms with van der Waals surface area (Å²) < 4.78 is 31.7. The maximum atomic E-state index is 11.8. The van der Waals surface area contributed by atoms with Gasteiger partial charge < -0.3 is 26.5 Å². The SMILES string of the molecule is Cc1cc(=O)c2c(C)ncc(C)c2o1.Cc1cc(C)c2c(=O)ncoc2c1C.Cc1ccc(C)c2c(=O)ccoc12.Cc1ccnc2c(=O)ccoc12.Cc1ccnc2occc(=O)c12.Cc1coc2c(C)ncc(C)c2c1=O. The molecule has 0 spiro atoms. The molecule has 0 unspecified atom stereocenters. The van der Waals surface area contributed by atoms with Crippen molar-refractivity contribution in [3.05, 3.63) is 245 Å². The van der Waals surface area contributed by atoms with Gasteiger partial charge in [-0.3, -0.25) is 38.7 Å². The van der Waals surface area contributed by atoms with Crippen LogP contribution in [0.25, 0.3) is 66.1 Å². The summed E-state index contributed by atoms with van der Waals surface area (Å²) >= 11 is 0. The number of aryl methyl sites for hydroxylation is 13. The lowest BCUT2D eigenvalue weighted by atomic mass is 10.0. The molecule has 10 aromatic heterocycles. The molecule has 0 fully saturated rings. The Balaban J connectivity index is 0.000000137. The number of aromatic nitrogens is 5. The Hall–Kier alpha value is -9.77. The van der Waals surface area contributed by atoms with Crippen LogP contribution in [0.1, 0.15) is 72.8 Å². The van der Waals surface area contributed by atoms with Gasteiger partial charge in [-0.2, -0.15) is 4.98 Å². The van der Waals surface area contributed by atoms with Crippen molar-refractivity contribution in [3.8, 4) is 0 Å². The minimum Gasteiger partial charge on any atom is -0.464 e. The molecule has 0 amide bonds. The Morgan fingerprint density at radius 1 is 0.367 bits per heavy atom. The summed E-state index contributed by atoms with van der Waals surface area (Å²) in [5.74, 6) is 0.635.